The Kier molecular flexibility index (Phi) is 4.73. The molecule has 2 saturated heterocycles. The van der Waals surface area contributed by atoms with E-state index in [1.54, 1.807) is 6.20 Å². The number of piperidine rings is 1. The van der Waals surface area contributed by atoms with Crippen LogP contribution in [0.15, 0.2) is 12.5 Å². The molecule has 2 aliphatic rings. The molecule has 0 radical (unpaired) electrons. The van der Waals surface area contributed by atoms with E-state index in [1.165, 1.54) is 43.4 Å². The highest BCUT2D eigenvalue weighted by molar-refractivity contribution is 5.97. The van der Waals surface area contributed by atoms with Crippen molar-refractivity contribution in [1.82, 2.24) is 40.2 Å². The molecule has 0 unspecified atom stereocenters. The number of H-pyrrole nitrogens is 1. The molecule has 134 valence electrons. The van der Waals surface area contributed by atoms with Gasteiger partial charge >= 0.3 is 0 Å². The number of hydrogen-bond donors (Lipinski definition) is 1. The fourth-order valence-corrected chi connectivity index (χ4v) is 3.93. The number of rotatable bonds is 5. The highest BCUT2D eigenvalue weighted by atomic mass is 16.2. The van der Waals surface area contributed by atoms with E-state index in [-0.39, 0.29) is 5.91 Å². The summed E-state index contributed by atoms with van der Waals surface area (Å²) in [5.74, 6) is 0.546. The van der Waals surface area contributed by atoms with Crippen molar-refractivity contribution in [2.75, 3.05) is 26.2 Å². The topological polar surface area (TPSA) is 95.8 Å². The first-order valence-electron chi connectivity index (χ1n) is 9.13. The number of nitrogens with zero attached hydrogens (tertiary/aromatic N) is 7. The predicted molar refractivity (Wildman–Crippen MR) is 90.3 cm³/mol. The fraction of sp³-hybridized carbons (Fsp3) is 0.688. The molecule has 4 heterocycles. The van der Waals surface area contributed by atoms with Crippen LogP contribution in [0.1, 0.15) is 48.9 Å². The molecule has 1 N–H and O–H groups in total. The van der Waals surface area contributed by atoms with Gasteiger partial charge in [-0.2, -0.15) is 9.78 Å². The molecule has 2 aliphatic heterocycles. The van der Waals surface area contributed by atoms with Crippen molar-refractivity contribution < 1.29 is 4.79 Å². The smallest absolute Gasteiger partial charge is 0.259 e. The van der Waals surface area contributed by atoms with Crippen LogP contribution in [0.4, 0.5) is 0 Å². The second-order valence-electron chi connectivity index (χ2n) is 6.87. The monoisotopic (exact) mass is 344 g/mol. The Hall–Kier alpha value is -2.29. The van der Waals surface area contributed by atoms with E-state index in [9.17, 15) is 4.79 Å². The first-order chi connectivity index (χ1) is 12.3. The number of carbonyl (C=O) groups excluding carboxylic acids is 1. The number of likely N-dealkylation sites (tertiary alicyclic amines) is 2. The highest BCUT2D eigenvalue weighted by Gasteiger charge is 2.30. The van der Waals surface area contributed by atoms with Gasteiger partial charge in [-0.3, -0.25) is 9.89 Å². The Labute approximate surface area is 146 Å². The first kappa shape index (κ1) is 16.2. The van der Waals surface area contributed by atoms with Crippen LogP contribution in [0, 0.1) is 0 Å². The van der Waals surface area contributed by atoms with Crippen molar-refractivity contribution in [2.24, 2.45) is 0 Å². The van der Waals surface area contributed by atoms with Crippen molar-refractivity contribution in [3.05, 3.63) is 18.1 Å². The van der Waals surface area contributed by atoms with Crippen LogP contribution in [0.3, 0.4) is 0 Å². The lowest BCUT2D eigenvalue weighted by molar-refractivity contribution is 0.0588. The third-order valence-electron chi connectivity index (χ3n) is 5.29. The number of aromatic amines is 1. The third kappa shape index (κ3) is 3.41. The van der Waals surface area contributed by atoms with E-state index >= 15 is 0 Å². The molecule has 0 bridgehead atoms. The Morgan fingerprint density at radius 2 is 2.04 bits per heavy atom. The van der Waals surface area contributed by atoms with Gasteiger partial charge in [0.2, 0.25) is 0 Å². The number of amides is 1. The molecule has 1 amide bonds. The van der Waals surface area contributed by atoms with Gasteiger partial charge in [0.15, 0.2) is 5.82 Å². The van der Waals surface area contributed by atoms with Gasteiger partial charge in [0.05, 0.1) is 6.20 Å². The lowest BCUT2D eigenvalue weighted by atomic mass is 9.98. The van der Waals surface area contributed by atoms with Crippen LogP contribution in [-0.2, 0) is 0 Å². The minimum absolute atomic E-state index is 0.0189. The molecule has 25 heavy (non-hydrogen) atoms. The van der Waals surface area contributed by atoms with E-state index in [4.69, 9.17) is 0 Å². The van der Waals surface area contributed by atoms with Crippen LogP contribution < -0.4 is 0 Å². The summed E-state index contributed by atoms with van der Waals surface area (Å²) < 4.78 is 1.45. The third-order valence-corrected chi connectivity index (χ3v) is 5.29. The van der Waals surface area contributed by atoms with Crippen LogP contribution in [0.5, 0.6) is 0 Å². The number of aromatic nitrogens is 6. The molecule has 2 aromatic rings. The van der Waals surface area contributed by atoms with E-state index in [2.05, 4.69) is 30.6 Å². The Morgan fingerprint density at radius 1 is 1.20 bits per heavy atom. The molecular weight excluding hydrogens is 320 g/mol. The van der Waals surface area contributed by atoms with E-state index in [0.29, 0.717) is 17.4 Å². The van der Waals surface area contributed by atoms with Gasteiger partial charge in [0.25, 0.3) is 5.91 Å². The molecule has 0 aliphatic carbocycles. The lowest BCUT2D eigenvalue weighted by Gasteiger charge is -2.36. The van der Waals surface area contributed by atoms with Crippen LogP contribution in [0.2, 0.25) is 0 Å². The van der Waals surface area contributed by atoms with Crippen LogP contribution in [0.25, 0.3) is 5.82 Å². The number of tetrazole rings is 1. The lowest BCUT2D eigenvalue weighted by Crippen LogP contribution is -2.45. The zero-order valence-corrected chi connectivity index (χ0v) is 14.3. The summed E-state index contributed by atoms with van der Waals surface area (Å²) >= 11 is 0. The molecule has 2 aromatic heterocycles. The van der Waals surface area contributed by atoms with Gasteiger partial charge in [-0.15, -0.1) is 5.10 Å². The molecule has 0 saturated carbocycles. The molecule has 0 aromatic carbocycles. The van der Waals surface area contributed by atoms with Gasteiger partial charge in [-0.1, -0.05) is 0 Å². The Bertz CT molecular complexity index is 691. The first-order valence-corrected chi connectivity index (χ1v) is 9.13. The average molecular weight is 344 g/mol. The van der Waals surface area contributed by atoms with Crippen LogP contribution >= 0.6 is 0 Å². The summed E-state index contributed by atoms with van der Waals surface area (Å²) in [5.41, 5.74) is 0.528. The van der Waals surface area contributed by atoms with Crippen molar-refractivity contribution in [3.63, 3.8) is 0 Å². The van der Waals surface area contributed by atoms with Gasteiger partial charge in [-0.25, -0.2) is 0 Å². The summed E-state index contributed by atoms with van der Waals surface area (Å²) in [6.45, 7) is 4.29. The van der Waals surface area contributed by atoms with Crippen molar-refractivity contribution in [2.45, 2.75) is 44.6 Å². The standard InChI is InChI=1S/C16H24N8O/c25-16(14-11-17-19-15(14)24-12-18-20-21-24)23-9-2-1-5-13(23)6-10-22-7-3-4-8-22/h11-13H,1-10H2,(H,17,19)/t13-/m1/s1. The minimum atomic E-state index is 0.0189. The van der Waals surface area contributed by atoms with Crippen molar-refractivity contribution in [3.8, 4) is 5.82 Å². The van der Waals surface area contributed by atoms with Gasteiger partial charge in [0, 0.05) is 19.1 Å². The molecule has 2 fully saturated rings. The predicted octanol–water partition coefficient (Wildman–Crippen LogP) is 0.866. The SMILES string of the molecule is O=C(c1cn[nH]c1-n1cnnn1)N1CCCC[C@@H]1CCN1CCCC1. The highest BCUT2D eigenvalue weighted by Crippen LogP contribution is 2.24. The zero-order chi connectivity index (χ0) is 17.1. The second-order valence-corrected chi connectivity index (χ2v) is 6.87. The number of nitrogens with one attached hydrogen (secondary N) is 1. The normalized spacial score (nSPS) is 21.8. The maximum atomic E-state index is 13.2. The molecular formula is C16H24N8O. The summed E-state index contributed by atoms with van der Waals surface area (Å²) in [7, 11) is 0. The van der Waals surface area contributed by atoms with Crippen molar-refractivity contribution >= 4 is 5.91 Å². The molecule has 4 rings (SSSR count). The van der Waals surface area contributed by atoms with Crippen molar-refractivity contribution in [1.29, 1.82) is 0 Å². The van der Waals surface area contributed by atoms with Crippen LogP contribution in [-0.4, -0.2) is 78.3 Å². The van der Waals surface area contributed by atoms with Gasteiger partial charge in [0.1, 0.15) is 11.9 Å². The van der Waals surface area contributed by atoms with E-state index in [0.717, 1.165) is 32.4 Å². The minimum Gasteiger partial charge on any atom is -0.335 e. The van der Waals surface area contributed by atoms with E-state index < -0.39 is 0 Å². The zero-order valence-electron chi connectivity index (χ0n) is 14.3. The van der Waals surface area contributed by atoms with Gasteiger partial charge in [-0.05, 0) is 62.0 Å². The Morgan fingerprint density at radius 3 is 2.84 bits per heavy atom. The summed E-state index contributed by atoms with van der Waals surface area (Å²) in [5, 5.41) is 18.0. The summed E-state index contributed by atoms with van der Waals surface area (Å²) in [6.07, 6.45) is 10.0. The quantitative estimate of drug-likeness (QED) is 0.864. The maximum Gasteiger partial charge on any atom is 0.259 e. The second kappa shape index (κ2) is 7.30. The Balaban J connectivity index is 1.48. The van der Waals surface area contributed by atoms with E-state index in [1.807, 2.05) is 4.90 Å². The molecule has 9 nitrogen and oxygen atoms in total. The van der Waals surface area contributed by atoms with Gasteiger partial charge < -0.3 is 9.80 Å². The molecule has 9 heteroatoms. The summed E-state index contributed by atoms with van der Waals surface area (Å²) in [4.78, 5) is 17.7. The average Bonchev–Trinajstić information content (AvgIpc) is 3.41. The maximum absolute atomic E-state index is 13.2. The number of hydrogen-bond acceptors (Lipinski definition) is 6. The number of carbonyl (C=O) groups is 1. The molecule has 1 atom stereocenters. The largest absolute Gasteiger partial charge is 0.335 e. The molecule has 0 spiro atoms. The summed E-state index contributed by atoms with van der Waals surface area (Å²) in [6, 6.07) is 0.304. The fourth-order valence-electron chi connectivity index (χ4n) is 3.93.